The van der Waals surface area contributed by atoms with Crippen LogP contribution in [0.4, 0.5) is 0 Å². The zero-order valence-electron chi connectivity index (χ0n) is 2.71. The van der Waals surface area contributed by atoms with Crippen molar-refractivity contribution in [2.75, 3.05) is 0 Å². The van der Waals surface area contributed by atoms with Crippen LogP contribution in [0.1, 0.15) is 0 Å². The topological polar surface area (TPSA) is 74.6 Å². The van der Waals surface area contributed by atoms with Crippen LogP contribution in [-0.4, -0.2) is 111 Å². The first kappa shape index (κ1) is 16.4. The van der Waals surface area contributed by atoms with Crippen LogP contribution in [0.2, 0.25) is 0 Å². The van der Waals surface area contributed by atoms with Gasteiger partial charge in [0.15, 0.2) is 0 Å². The first-order valence-corrected chi connectivity index (χ1v) is 1.11. The molecule has 0 saturated heterocycles. The van der Waals surface area contributed by atoms with E-state index in [1.807, 2.05) is 0 Å². The van der Waals surface area contributed by atoms with Crippen molar-refractivity contribution in [2.45, 2.75) is 0 Å². The number of hydrogen-bond acceptors (Lipinski definition) is 2. The molecule has 2 N–H and O–H groups in total. The van der Waals surface area contributed by atoms with Gasteiger partial charge in [-0.2, -0.15) is 0 Å². The van der Waals surface area contributed by atoms with Crippen molar-refractivity contribution in [3.8, 4) is 0 Å². The van der Waals surface area contributed by atoms with Gasteiger partial charge < -0.3 is 10.2 Å². The molecule has 0 heterocycles. The molecule has 6 heteroatoms. The predicted molar refractivity (Wildman–Crippen MR) is 31.0 cm³/mol. The van der Waals surface area contributed by atoms with E-state index in [4.69, 9.17) is 19.8 Å². The fraction of sp³-hybridized carbons (Fsp3) is 0. The van der Waals surface area contributed by atoms with Crippen LogP contribution >= 0.6 is 0 Å². The molecule has 0 unspecified atom stereocenters. The van der Waals surface area contributed by atoms with Crippen LogP contribution in [0.15, 0.2) is 0 Å². The molecule has 0 aliphatic rings. The Hall–Kier alpha value is 1.84. The zero-order chi connectivity index (χ0) is 5.15. The summed E-state index contributed by atoms with van der Waals surface area (Å²) in [7, 11) is 0. The van der Waals surface area contributed by atoms with Crippen LogP contribution in [0, 0.1) is 0 Å². The van der Waals surface area contributed by atoms with Crippen molar-refractivity contribution in [2.24, 2.45) is 0 Å². The Bertz CT molecular complexity index is 80.0. The summed E-state index contributed by atoms with van der Waals surface area (Å²) in [4.78, 5) is 18.2. The van der Waals surface area contributed by atoms with E-state index in [0.29, 0.717) is 0 Å². The Balaban J connectivity index is -0.000000125. The molecule has 0 fully saturated rings. The zero-order valence-corrected chi connectivity index (χ0v) is 2.71. The monoisotopic (exact) mass is 172 g/mol. The van der Waals surface area contributed by atoms with E-state index in [2.05, 4.69) is 0 Å². The van der Waals surface area contributed by atoms with Crippen LogP contribution in [0.5, 0.6) is 0 Å². The average Bonchev–Trinajstić information content (AvgIpc) is 1.36. The second kappa shape index (κ2) is 8.84. The van der Waals surface area contributed by atoms with Crippen molar-refractivity contribution < 1.29 is 19.8 Å². The minimum absolute atomic E-state index is 0. The Labute approximate surface area is 118 Å². The van der Waals surface area contributed by atoms with E-state index in [1.54, 1.807) is 0 Å². The molecule has 0 radical (unpaired) electrons. The van der Waals surface area contributed by atoms with Gasteiger partial charge in [0, 0.05) is 0 Å². The van der Waals surface area contributed by atoms with Crippen molar-refractivity contribution in [1.82, 2.24) is 0 Å². The Morgan fingerprint density at radius 3 is 1.12 bits per heavy atom. The molecular weight excluding hydrogens is 167 g/mol. The van der Waals surface area contributed by atoms with Crippen molar-refractivity contribution >= 4 is 101 Å². The SMILES string of the molecule is O=C(O)C(=O)O.[CaH2].[KH]. The van der Waals surface area contributed by atoms with E-state index >= 15 is 0 Å². The van der Waals surface area contributed by atoms with Gasteiger partial charge in [-0.25, -0.2) is 9.59 Å². The van der Waals surface area contributed by atoms with E-state index in [1.165, 1.54) is 0 Å². The third-order valence-corrected chi connectivity index (χ3v) is 0.183. The molecule has 0 aromatic heterocycles. The second-order valence-corrected chi connectivity index (χ2v) is 0.610. The molecule has 0 rings (SSSR count). The van der Waals surface area contributed by atoms with Crippen molar-refractivity contribution in [1.29, 1.82) is 0 Å². The van der Waals surface area contributed by atoms with Gasteiger partial charge in [-0.15, -0.1) is 0 Å². The van der Waals surface area contributed by atoms with Gasteiger partial charge in [0.1, 0.15) is 0 Å². The molecule has 0 bridgehead atoms. The number of hydrogen-bond donors (Lipinski definition) is 2. The average molecular weight is 172 g/mol. The van der Waals surface area contributed by atoms with E-state index < -0.39 is 11.9 Å². The molecule has 0 amide bonds. The predicted octanol–water partition coefficient (Wildman–Crippen LogP) is -2.41. The molecular formula is C2H5CaKO4. The van der Waals surface area contributed by atoms with Gasteiger partial charge in [0.2, 0.25) is 0 Å². The summed E-state index contributed by atoms with van der Waals surface area (Å²) in [6.45, 7) is 0. The summed E-state index contributed by atoms with van der Waals surface area (Å²) in [6, 6.07) is 0. The third-order valence-electron chi connectivity index (χ3n) is 0.183. The molecule has 4 nitrogen and oxygen atoms in total. The standard InChI is InChI=1S/C2H2O4.Ca.K.3H/c3-1(4)2(5)6;;;;;/h(H,3,4)(H,5,6);;;;;. The summed E-state index contributed by atoms with van der Waals surface area (Å²) in [5, 5.41) is 14.8. The van der Waals surface area contributed by atoms with Gasteiger partial charge in [0.25, 0.3) is 0 Å². The van der Waals surface area contributed by atoms with Crippen LogP contribution in [-0.2, 0) is 9.59 Å². The number of carboxylic acids is 2. The first-order valence-electron chi connectivity index (χ1n) is 1.11. The fourth-order valence-corrected chi connectivity index (χ4v) is 0. The van der Waals surface area contributed by atoms with Gasteiger partial charge >= 0.3 is 101 Å². The van der Waals surface area contributed by atoms with Gasteiger partial charge in [0.05, 0.1) is 0 Å². The maximum absolute atomic E-state index is 9.10. The van der Waals surface area contributed by atoms with Crippen molar-refractivity contribution in [3.05, 3.63) is 0 Å². The molecule has 0 aliphatic heterocycles. The number of carboxylic acid groups (broad SMARTS) is 2. The number of carbonyl (C=O) groups is 2. The Morgan fingerprint density at radius 2 is 1.12 bits per heavy atom. The third kappa shape index (κ3) is 10.8. The maximum atomic E-state index is 9.10. The summed E-state index contributed by atoms with van der Waals surface area (Å²) in [6.07, 6.45) is 0. The Morgan fingerprint density at radius 1 is 1.00 bits per heavy atom. The molecule has 0 aromatic carbocycles. The van der Waals surface area contributed by atoms with Gasteiger partial charge in [-0.1, -0.05) is 0 Å². The van der Waals surface area contributed by atoms with Crippen LogP contribution in [0.25, 0.3) is 0 Å². The molecule has 40 valence electrons. The van der Waals surface area contributed by atoms with E-state index in [-0.39, 0.29) is 89.1 Å². The Kier molecular flexibility index (Phi) is 18.2. The normalized spacial score (nSPS) is 5.50. The first-order chi connectivity index (χ1) is 2.64. The summed E-state index contributed by atoms with van der Waals surface area (Å²) in [5.74, 6) is -3.65. The molecule has 0 aromatic rings. The molecule has 8 heavy (non-hydrogen) atoms. The quantitative estimate of drug-likeness (QED) is 0.315. The fourth-order valence-electron chi connectivity index (χ4n) is 0. The van der Waals surface area contributed by atoms with E-state index in [0.717, 1.165) is 0 Å². The van der Waals surface area contributed by atoms with Crippen LogP contribution < -0.4 is 0 Å². The van der Waals surface area contributed by atoms with Crippen molar-refractivity contribution in [3.63, 3.8) is 0 Å². The van der Waals surface area contributed by atoms with E-state index in [9.17, 15) is 0 Å². The van der Waals surface area contributed by atoms with Gasteiger partial charge in [-0.05, 0) is 0 Å². The summed E-state index contributed by atoms with van der Waals surface area (Å²) in [5.41, 5.74) is 0. The molecule has 0 saturated carbocycles. The number of rotatable bonds is 0. The molecule has 0 spiro atoms. The second-order valence-electron chi connectivity index (χ2n) is 0.610. The minimum atomic E-state index is -1.82. The molecule has 0 aliphatic carbocycles. The summed E-state index contributed by atoms with van der Waals surface area (Å²) < 4.78 is 0. The molecule has 0 atom stereocenters. The summed E-state index contributed by atoms with van der Waals surface area (Å²) >= 11 is 0. The van der Waals surface area contributed by atoms with Crippen LogP contribution in [0.3, 0.4) is 0 Å². The number of aliphatic carboxylic acids is 2. The van der Waals surface area contributed by atoms with Gasteiger partial charge in [-0.3, -0.25) is 0 Å².